The number of carbonyl (C=O) groups excluding carboxylic acids is 1. The summed E-state index contributed by atoms with van der Waals surface area (Å²) in [7, 11) is 1.66. The van der Waals surface area contributed by atoms with Crippen molar-refractivity contribution in [1.29, 1.82) is 0 Å². The fourth-order valence-electron chi connectivity index (χ4n) is 3.84. The van der Waals surface area contributed by atoms with Crippen LogP contribution in [0.2, 0.25) is 0 Å². The molecule has 1 aliphatic rings. The second-order valence-electron chi connectivity index (χ2n) is 8.78. The van der Waals surface area contributed by atoms with Crippen LogP contribution < -0.4 is 5.32 Å². The molecule has 0 aromatic carbocycles. The average molecular weight is 501 g/mol. The lowest BCUT2D eigenvalue weighted by molar-refractivity contribution is -0.117. The maximum absolute atomic E-state index is 13.2. The zero-order valence-electron chi connectivity index (χ0n) is 23.3. The summed E-state index contributed by atoms with van der Waals surface area (Å²) in [6.45, 7) is 14.1. The van der Waals surface area contributed by atoms with E-state index in [4.69, 9.17) is 4.74 Å². The summed E-state index contributed by atoms with van der Waals surface area (Å²) in [5.74, 6) is 0.304. The predicted molar refractivity (Wildman–Crippen MR) is 148 cm³/mol. The number of amides is 1. The number of anilines is 1. The van der Waals surface area contributed by atoms with Crippen molar-refractivity contribution in [2.45, 2.75) is 92.8 Å². The third-order valence-corrected chi connectivity index (χ3v) is 5.95. The molecule has 1 aromatic rings. The maximum atomic E-state index is 13.2. The first kappa shape index (κ1) is 31.3. The number of methoxy groups -OCH3 is 1. The monoisotopic (exact) mass is 500 g/mol. The van der Waals surface area contributed by atoms with Gasteiger partial charge in [-0.2, -0.15) is 0 Å². The highest BCUT2D eigenvalue weighted by atomic mass is 19.1. The molecular weight excluding hydrogens is 455 g/mol. The summed E-state index contributed by atoms with van der Waals surface area (Å²) in [5.41, 5.74) is 4.82. The highest BCUT2D eigenvalue weighted by Crippen LogP contribution is 2.35. The zero-order chi connectivity index (χ0) is 27.3. The quantitative estimate of drug-likeness (QED) is 0.230. The number of hydrogen-bond acceptors (Lipinski definition) is 4. The number of nitrogens with zero attached hydrogens (tertiary/aromatic N) is 1. The van der Waals surface area contributed by atoms with Crippen molar-refractivity contribution in [1.82, 2.24) is 4.98 Å². The Bertz CT molecular complexity index is 978. The number of rotatable bonds is 12. The second kappa shape index (κ2) is 16.1. The molecule has 6 heteroatoms. The number of pyridine rings is 1. The van der Waals surface area contributed by atoms with Gasteiger partial charge in [0.1, 0.15) is 17.7 Å². The first-order valence-corrected chi connectivity index (χ1v) is 13.1. The molecule has 3 atom stereocenters. The number of hydrogen-bond donors (Lipinski definition) is 2. The van der Waals surface area contributed by atoms with E-state index >= 15 is 0 Å². The van der Waals surface area contributed by atoms with Crippen LogP contribution in [0.15, 0.2) is 53.0 Å². The lowest BCUT2D eigenvalue weighted by atomic mass is 9.93. The van der Waals surface area contributed by atoms with Crippen LogP contribution in [0.5, 0.6) is 0 Å². The Labute approximate surface area is 217 Å². The SMILES string of the molecule is C/C=C(C(\C)=C/CC(O)CCC)/C(=C/c1cnc(NC(=O)C2CC2F)cc1C)C(=C/CC)/OC.CC. The number of aryl methyl sites for hydroxylation is 1. The molecule has 0 saturated heterocycles. The van der Waals surface area contributed by atoms with Crippen molar-refractivity contribution >= 4 is 17.8 Å². The molecule has 0 radical (unpaired) electrons. The highest BCUT2D eigenvalue weighted by Gasteiger charge is 2.43. The number of aliphatic hydroxyl groups excluding tert-OH is 1. The minimum absolute atomic E-state index is 0.285. The molecule has 36 heavy (non-hydrogen) atoms. The molecule has 3 unspecified atom stereocenters. The van der Waals surface area contributed by atoms with E-state index in [0.29, 0.717) is 12.2 Å². The second-order valence-corrected chi connectivity index (χ2v) is 8.78. The Balaban J connectivity index is 0.00000316. The van der Waals surface area contributed by atoms with Gasteiger partial charge in [-0.15, -0.1) is 0 Å². The zero-order valence-corrected chi connectivity index (χ0v) is 23.3. The van der Waals surface area contributed by atoms with Gasteiger partial charge in [0.15, 0.2) is 0 Å². The standard InChI is InChI=1S/C28H39FN2O3.C2H6/c1-7-10-21(32)13-12-18(4)22(9-3)23(26(34-6)11-8-2)15-20-17-30-27(14-19(20)5)31-28(33)24-16-25(24)29;1-2/h9,11-12,14-15,17,21,24-25,32H,7-8,10,13,16H2,1-6H3,(H,30,31,33);1-2H3/b18-12-,22-9+,23-15-,26-11-;. The van der Waals surface area contributed by atoms with Gasteiger partial charge in [0.25, 0.3) is 0 Å². The first-order valence-electron chi connectivity index (χ1n) is 13.1. The fourth-order valence-corrected chi connectivity index (χ4v) is 3.84. The van der Waals surface area contributed by atoms with Crippen LogP contribution >= 0.6 is 0 Å². The van der Waals surface area contributed by atoms with Crippen LogP contribution in [0.1, 0.15) is 84.8 Å². The smallest absolute Gasteiger partial charge is 0.231 e. The van der Waals surface area contributed by atoms with Crippen molar-refractivity contribution in [3.05, 3.63) is 64.1 Å². The largest absolute Gasteiger partial charge is 0.496 e. The average Bonchev–Trinajstić information content (AvgIpc) is 3.60. The van der Waals surface area contributed by atoms with Crippen LogP contribution in [0.3, 0.4) is 0 Å². The third kappa shape index (κ3) is 9.38. The molecule has 1 amide bonds. The van der Waals surface area contributed by atoms with Crippen LogP contribution in [0.25, 0.3) is 6.08 Å². The van der Waals surface area contributed by atoms with E-state index in [1.165, 1.54) is 0 Å². The van der Waals surface area contributed by atoms with Crippen LogP contribution in [-0.2, 0) is 9.53 Å². The summed E-state index contributed by atoms with van der Waals surface area (Å²) in [6.07, 6.45) is 11.9. The molecule has 1 aromatic heterocycles. The Hall–Kier alpha value is -2.73. The molecule has 0 bridgehead atoms. The Morgan fingerprint density at radius 3 is 2.47 bits per heavy atom. The van der Waals surface area contributed by atoms with Gasteiger partial charge in [0.05, 0.1) is 19.1 Å². The van der Waals surface area contributed by atoms with Gasteiger partial charge in [-0.1, -0.05) is 46.3 Å². The summed E-state index contributed by atoms with van der Waals surface area (Å²) < 4.78 is 18.9. The first-order chi connectivity index (χ1) is 17.2. The van der Waals surface area contributed by atoms with Gasteiger partial charge in [0.2, 0.25) is 5.91 Å². The van der Waals surface area contributed by atoms with Crippen LogP contribution in [0, 0.1) is 12.8 Å². The van der Waals surface area contributed by atoms with Gasteiger partial charge in [0, 0.05) is 11.8 Å². The molecule has 0 aliphatic heterocycles. The van der Waals surface area contributed by atoms with E-state index in [2.05, 4.69) is 30.2 Å². The summed E-state index contributed by atoms with van der Waals surface area (Å²) in [5, 5.41) is 12.9. The Morgan fingerprint density at radius 1 is 1.31 bits per heavy atom. The highest BCUT2D eigenvalue weighted by molar-refractivity contribution is 5.94. The van der Waals surface area contributed by atoms with Gasteiger partial charge in [-0.05, 0) is 86.9 Å². The van der Waals surface area contributed by atoms with Crippen molar-refractivity contribution in [2.24, 2.45) is 5.92 Å². The molecule has 1 aliphatic carbocycles. The van der Waals surface area contributed by atoms with Crippen molar-refractivity contribution in [3.63, 3.8) is 0 Å². The maximum Gasteiger partial charge on any atom is 0.231 e. The minimum atomic E-state index is -1.04. The van der Waals surface area contributed by atoms with Gasteiger partial charge in [-0.25, -0.2) is 9.37 Å². The molecule has 200 valence electrons. The predicted octanol–water partition coefficient (Wildman–Crippen LogP) is 7.48. The summed E-state index contributed by atoms with van der Waals surface area (Å²) in [6, 6.07) is 1.80. The van der Waals surface area contributed by atoms with E-state index in [-0.39, 0.29) is 18.4 Å². The number of aromatic nitrogens is 1. The molecule has 1 heterocycles. The molecule has 1 saturated carbocycles. The molecular formula is C30H45FN2O3. The van der Waals surface area contributed by atoms with E-state index in [9.17, 15) is 14.3 Å². The van der Waals surface area contributed by atoms with Gasteiger partial charge < -0.3 is 15.2 Å². The minimum Gasteiger partial charge on any atom is -0.496 e. The van der Waals surface area contributed by atoms with Crippen molar-refractivity contribution in [2.75, 3.05) is 12.4 Å². The number of aliphatic hydroxyl groups is 1. The fraction of sp³-hybridized carbons (Fsp3) is 0.533. The van der Waals surface area contributed by atoms with Crippen LogP contribution in [-0.4, -0.2) is 35.4 Å². The number of nitrogens with one attached hydrogen (secondary N) is 1. The molecule has 5 nitrogen and oxygen atoms in total. The van der Waals surface area contributed by atoms with Gasteiger partial charge >= 0.3 is 0 Å². The topological polar surface area (TPSA) is 71.5 Å². The van der Waals surface area contributed by atoms with Crippen molar-refractivity contribution in [3.8, 4) is 0 Å². The number of allylic oxidation sites excluding steroid dienone is 4. The molecule has 2 rings (SSSR count). The van der Waals surface area contributed by atoms with Crippen molar-refractivity contribution < 1.29 is 19.0 Å². The third-order valence-electron chi connectivity index (χ3n) is 5.95. The van der Waals surface area contributed by atoms with E-state index in [0.717, 1.165) is 52.9 Å². The molecule has 2 N–H and O–H groups in total. The Kier molecular flexibility index (Phi) is 14.0. The normalized spacial score (nSPS) is 19.3. The lowest BCUT2D eigenvalue weighted by Gasteiger charge is -2.17. The lowest BCUT2D eigenvalue weighted by Crippen LogP contribution is -2.16. The number of ether oxygens (including phenoxy) is 1. The van der Waals surface area contributed by atoms with E-state index in [1.807, 2.05) is 52.8 Å². The van der Waals surface area contributed by atoms with E-state index in [1.54, 1.807) is 19.4 Å². The number of alkyl halides is 1. The van der Waals surface area contributed by atoms with Gasteiger partial charge in [-0.3, -0.25) is 4.79 Å². The van der Waals surface area contributed by atoms with Crippen LogP contribution in [0.4, 0.5) is 10.2 Å². The number of carbonyl (C=O) groups is 1. The Morgan fingerprint density at radius 2 is 1.97 bits per heavy atom. The molecule has 1 fully saturated rings. The summed E-state index contributed by atoms with van der Waals surface area (Å²) >= 11 is 0. The summed E-state index contributed by atoms with van der Waals surface area (Å²) in [4.78, 5) is 16.4. The molecule has 0 spiro atoms. The number of halogens is 1. The van der Waals surface area contributed by atoms with E-state index < -0.39 is 12.1 Å².